The van der Waals surface area contributed by atoms with Crippen molar-refractivity contribution in [2.75, 3.05) is 31.0 Å². The molecular formula is C19H21ClN2O4. The minimum Gasteiger partial charge on any atom is -0.497 e. The lowest BCUT2D eigenvalue weighted by Gasteiger charge is -2.23. The van der Waals surface area contributed by atoms with Crippen LogP contribution in [0.2, 0.25) is 5.02 Å². The Hall–Kier alpha value is -2.73. The van der Waals surface area contributed by atoms with Crippen LogP contribution in [0.3, 0.4) is 0 Å². The summed E-state index contributed by atoms with van der Waals surface area (Å²) in [4.78, 5) is 26.0. The average molecular weight is 377 g/mol. The first-order chi connectivity index (χ1) is 12.3. The maximum Gasteiger partial charge on any atom is 0.244 e. The third-order valence-corrected chi connectivity index (χ3v) is 4.06. The average Bonchev–Trinajstić information content (AvgIpc) is 2.61. The van der Waals surface area contributed by atoms with Gasteiger partial charge in [-0.05, 0) is 36.8 Å². The van der Waals surface area contributed by atoms with E-state index >= 15 is 0 Å². The largest absolute Gasteiger partial charge is 0.497 e. The molecule has 6 nitrogen and oxygen atoms in total. The fourth-order valence-corrected chi connectivity index (χ4v) is 2.65. The van der Waals surface area contributed by atoms with Crippen LogP contribution < -0.4 is 19.7 Å². The number of ether oxygens (including phenoxy) is 2. The Bertz CT molecular complexity index is 823. The predicted molar refractivity (Wildman–Crippen MR) is 102 cm³/mol. The molecule has 2 amide bonds. The third-order valence-electron chi connectivity index (χ3n) is 3.82. The zero-order chi connectivity index (χ0) is 19.3. The van der Waals surface area contributed by atoms with Gasteiger partial charge in [0, 0.05) is 23.7 Å². The SMILES string of the molecule is COc1ccc(OC)c(NC(=O)CN(C(C)=O)c2cc(Cl)ccc2C)c1. The zero-order valence-corrected chi connectivity index (χ0v) is 15.9. The van der Waals surface area contributed by atoms with Gasteiger partial charge in [0.25, 0.3) is 0 Å². The van der Waals surface area contributed by atoms with Crippen molar-refractivity contribution in [2.24, 2.45) is 0 Å². The number of aryl methyl sites for hydroxylation is 1. The zero-order valence-electron chi connectivity index (χ0n) is 15.1. The summed E-state index contributed by atoms with van der Waals surface area (Å²) in [6.07, 6.45) is 0. The van der Waals surface area contributed by atoms with E-state index in [4.69, 9.17) is 21.1 Å². The van der Waals surface area contributed by atoms with Crippen molar-refractivity contribution in [3.8, 4) is 11.5 Å². The van der Waals surface area contributed by atoms with Crippen LogP contribution in [0, 0.1) is 6.92 Å². The first-order valence-electron chi connectivity index (χ1n) is 7.92. The van der Waals surface area contributed by atoms with E-state index in [-0.39, 0.29) is 18.4 Å². The molecule has 0 unspecified atom stereocenters. The summed E-state index contributed by atoms with van der Waals surface area (Å²) in [6, 6.07) is 10.3. The Morgan fingerprint density at radius 1 is 1.12 bits per heavy atom. The molecule has 0 bridgehead atoms. The number of benzene rings is 2. The molecule has 0 aliphatic heterocycles. The molecule has 0 heterocycles. The van der Waals surface area contributed by atoms with Crippen molar-refractivity contribution in [3.05, 3.63) is 47.0 Å². The minimum atomic E-state index is -0.369. The van der Waals surface area contributed by atoms with E-state index in [2.05, 4.69) is 5.32 Å². The quantitative estimate of drug-likeness (QED) is 0.835. The summed E-state index contributed by atoms with van der Waals surface area (Å²) in [5.74, 6) is 0.442. The highest BCUT2D eigenvalue weighted by Gasteiger charge is 2.19. The summed E-state index contributed by atoms with van der Waals surface area (Å²) < 4.78 is 10.4. The molecule has 2 rings (SSSR count). The molecule has 0 aliphatic rings. The number of nitrogens with one attached hydrogen (secondary N) is 1. The molecule has 7 heteroatoms. The number of hydrogen-bond acceptors (Lipinski definition) is 4. The van der Waals surface area contributed by atoms with Crippen LogP contribution in [0.1, 0.15) is 12.5 Å². The number of carbonyl (C=O) groups excluding carboxylic acids is 2. The summed E-state index contributed by atoms with van der Waals surface area (Å²) in [7, 11) is 3.04. The van der Waals surface area contributed by atoms with E-state index in [1.807, 2.05) is 6.92 Å². The molecule has 26 heavy (non-hydrogen) atoms. The fraction of sp³-hybridized carbons (Fsp3) is 0.263. The van der Waals surface area contributed by atoms with E-state index in [0.29, 0.717) is 27.9 Å². The predicted octanol–water partition coefficient (Wildman–Crippen LogP) is 3.66. The summed E-state index contributed by atoms with van der Waals surface area (Å²) in [6.45, 7) is 3.10. The molecule has 0 aromatic heterocycles. The lowest BCUT2D eigenvalue weighted by Crippen LogP contribution is -2.37. The van der Waals surface area contributed by atoms with Crippen LogP contribution in [0.15, 0.2) is 36.4 Å². The monoisotopic (exact) mass is 376 g/mol. The Kier molecular flexibility index (Phi) is 6.46. The topological polar surface area (TPSA) is 67.9 Å². The second kappa shape index (κ2) is 8.58. The van der Waals surface area contributed by atoms with Gasteiger partial charge in [0.1, 0.15) is 18.0 Å². The van der Waals surface area contributed by atoms with Gasteiger partial charge in [-0.15, -0.1) is 0 Å². The molecule has 0 spiro atoms. The van der Waals surface area contributed by atoms with Crippen molar-refractivity contribution in [1.82, 2.24) is 0 Å². The van der Waals surface area contributed by atoms with Crippen LogP contribution in [-0.2, 0) is 9.59 Å². The Morgan fingerprint density at radius 3 is 2.46 bits per heavy atom. The molecule has 138 valence electrons. The van der Waals surface area contributed by atoms with E-state index in [9.17, 15) is 9.59 Å². The minimum absolute atomic E-state index is 0.156. The lowest BCUT2D eigenvalue weighted by atomic mass is 10.1. The second-order valence-electron chi connectivity index (χ2n) is 5.65. The molecule has 1 N–H and O–H groups in total. The van der Waals surface area contributed by atoms with Gasteiger partial charge >= 0.3 is 0 Å². The Morgan fingerprint density at radius 2 is 1.85 bits per heavy atom. The van der Waals surface area contributed by atoms with Gasteiger partial charge in [-0.1, -0.05) is 17.7 Å². The number of nitrogens with zero attached hydrogens (tertiary/aromatic N) is 1. The third kappa shape index (κ3) is 4.67. The highest BCUT2D eigenvalue weighted by molar-refractivity contribution is 6.31. The molecule has 2 aromatic carbocycles. The maximum absolute atomic E-state index is 12.5. The van der Waals surface area contributed by atoms with Gasteiger partial charge in [-0.3, -0.25) is 9.59 Å². The van der Waals surface area contributed by atoms with Gasteiger partial charge in [0.15, 0.2) is 0 Å². The highest BCUT2D eigenvalue weighted by Crippen LogP contribution is 2.29. The van der Waals surface area contributed by atoms with E-state index in [1.165, 1.54) is 26.0 Å². The first-order valence-corrected chi connectivity index (χ1v) is 8.29. The summed E-state index contributed by atoms with van der Waals surface area (Å²) in [5, 5.41) is 3.25. The van der Waals surface area contributed by atoms with Crippen LogP contribution >= 0.6 is 11.6 Å². The van der Waals surface area contributed by atoms with Gasteiger partial charge in [0.2, 0.25) is 11.8 Å². The Labute approximate surface area is 157 Å². The van der Waals surface area contributed by atoms with Crippen molar-refractivity contribution >= 4 is 34.8 Å². The lowest BCUT2D eigenvalue weighted by molar-refractivity contribution is -0.120. The van der Waals surface area contributed by atoms with Crippen LogP contribution in [-0.4, -0.2) is 32.6 Å². The van der Waals surface area contributed by atoms with Gasteiger partial charge in [0.05, 0.1) is 19.9 Å². The molecular weight excluding hydrogens is 356 g/mol. The second-order valence-corrected chi connectivity index (χ2v) is 6.09. The van der Waals surface area contributed by atoms with E-state index in [1.54, 1.807) is 36.4 Å². The molecule has 2 aromatic rings. The first kappa shape index (κ1) is 19.6. The number of carbonyl (C=O) groups is 2. The molecule has 0 fully saturated rings. The van der Waals surface area contributed by atoms with Crippen molar-refractivity contribution in [3.63, 3.8) is 0 Å². The van der Waals surface area contributed by atoms with Gasteiger partial charge in [-0.25, -0.2) is 0 Å². The summed E-state index contributed by atoms with van der Waals surface area (Å²) >= 11 is 6.04. The molecule has 0 saturated carbocycles. The van der Waals surface area contributed by atoms with Gasteiger partial charge in [-0.2, -0.15) is 0 Å². The van der Waals surface area contributed by atoms with E-state index in [0.717, 1.165) is 5.56 Å². The van der Waals surface area contributed by atoms with E-state index < -0.39 is 0 Å². The van der Waals surface area contributed by atoms with Crippen LogP contribution in [0.4, 0.5) is 11.4 Å². The number of anilines is 2. The molecule has 0 saturated heterocycles. The fourth-order valence-electron chi connectivity index (χ4n) is 2.48. The number of halogens is 1. The van der Waals surface area contributed by atoms with Crippen LogP contribution in [0.25, 0.3) is 0 Å². The highest BCUT2D eigenvalue weighted by atomic mass is 35.5. The standard InChI is InChI=1S/C19H21ClN2O4/c1-12-5-6-14(20)9-17(12)22(13(2)23)11-19(24)21-16-10-15(25-3)7-8-18(16)26-4/h5-10H,11H2,1-4H3,(H,21,24). The molecule has 0 radical (unpaired) electrons. The smallest absolute Gasteiger partial charge is 0.244 e. The molecule has 0 atom stereocenters. The van der Waals surface area contributed by atoms with Crippen molar-refractivity contribution < 1.29 is 19.1 Å². The summed E-state index contributed by atoms with van der Waals surface area (Å²) in [5.41, 5.74) is 1.90. The molecule has 0 aliphatic carbocycles. The van der Waals surface area contributed by atoms with Crippen molar-refractivity contribution in [2.45, 2.75) is 13.8 Å². The number of amides is 2. The van der Waals surface area contributed by atoms with Crippen LogP contribution in [0.5, 0.6) is 11.5 Å². The number of rotatable bonds is 6. The van der Waals surface area contributed by atoms with Crippen molar-refractivity contribution in [1.29, 1.82) is 0 Å². The van der Waals surface area contributed by atoms with Gasteiger partial charge < -0.3 is 19.7 Å². The number of methoxy groups -OCH3 is 2. The Balaban J connectivity index is 2.24. The maximum atomic E-state index is 12.5. The normalized spacial score (nSPS) is 10.2. The number of hydrogen-bond donors (Lipinski definition) is 1.